The molecule has 0 fully saturated rings. The number of aryl methyl sites for hydroxylation is 1. The van der Waals surface area contributed by atoms with Gasteiger partial charge in [0.15, 0.2) is 0 Å². The van der Waals surface area contributed by atoms with Crippen molar-refractivity contribution < 1.29 is 5.11 Å². The minimum absolute atomic E-state index is 0.383. The molecule has 3 rings (SSSR count). The number of phenolic OH excluding ortho intramolecular Hbond substituents is 1. The molecule has 2 aliphatic rings. The Balaban J connectivity index is 0.000000348. The highest BCUT2D eigenvalue weighted by Gasteiger charge is 2.20. The number of benzene rings is 1. The minimum atomic E-state index is 0.383. The highest BCUT2D eigenvalue weighted by atomic mass is 16.3. The molecule has 0 aromatic heterocycles. The lowest BCUT2D eigenvalue weighted by Gasteiger charge is -2.28. The number of aromatic hydroxyl groups is 1. The van der Waals surface area contributed by atoms with Crippen LogP contribution in [0.2, 0.25) is 0 Å². The lowest BCUT2D eigenvalue weighted by atomic mass is 9.78. The van der Waals surface area contributed by atoms with E-state index in [-0.39, 0.29) is 0 Å². The maximum Gasteiger partial charge on any atom is 0.115 e. The first-order valence-corrected chi connectivity index (χ1v) is 21.3. The Hall–Kier alpha value is -2.28. The first-order chi connectivity index (χ1) is 24.2. The van der Waals surface area contributed by atoms with Gasteiger partial charge in [0.05, 0.1) is 0 Å². The summed E-state index contributed by atoms with van der Waals surface area (Å²) in [7, 11) is 0. The second-order valence-electron chi connectivity index (χ2n) is 15.0. The standard InChI is InChI=1S/C27H46.C21H32O/c1-2-3-4-6-14-21-26(27-23-16-10-17-24-27)22-15-8-5-7-11-18-25-19-12-9-13-20-25;1-2-3-4-5-6-7-8-9-10-11-12-13-14-16-20-17-15-18-21(22)19-20/h4,6,10,12,16,19,25-27H,2-3,5,7-9,11,13-15,17-18,20-24H2,1H3;4-5,7-8,15,17-19,22H,2-3,6,9-14,16H2,1H3/b6-4+;5-4+,8-7+. The summed E-state index contributed by atoms with van der Waals surface area (Å²) in [5.41, 5.74) is 1.25. The quantitative estimate of drug-likeness (QED) is 0.0768. The molecule has 0 saturated carbocycles. The van der Waals surface area contributed by atoms with Gasteiger partial charge in [-0.25, -0.2) is 0 Å². The van der Waals surface area contributed by atoms with E-state index in [2.05, 4.69) is 80.7 Å². The van der Waals surface area contributed by atoms with Gasteiger partial charge in [-0.15, -0.1) is 0 Å². The van der Waals surface area contributed by atoms with Crippen LogP contribution in [0.4, 0.5) is 0 Å². The van der Waals surface area contributed by atoms with Crippen LogP contribution in [0, 0.1) is 17.8 Å². The van der Waals surface area contributed by atoms with E-state index >= 15 is 0 Å². The van der Waals surface area contributed by atoms with Crippen LogP contribution in [0.25, 0.3) is 0 Å². The van der Waals surface area contributed by atoms with Crippen molar-refractivity contribution in [1.29, 1.82) is 0 Å². The average Bonchev–Trinajstić information content (AvgIpc) is 3.13. The Kier molecular flexibility index (Phi) is 27.7. The monoisotopic (exact) mass is 671 g/mol. The third kappa shape index (κ3) is 24.5. The molecule has 0 saturated heterocycles. The van der Waals surface area contributed by atoms with Crippen molar-refractivity contribution in [2.24, 2.45) is 17.8 Å². The second kappa shape index (κ2) is 31.7. The first kappa shape index (κ1) is 42.9. The van der Waals surface area contributed by atoms with E-state index in [4.69, 9.17) is 0 Å². The Morgan fingerprint density at radius 3 is 2.12 bits per heavy atom. The van der Waals surface area contributed by atoms with Crippen molar-refractivity contribution in [3.63, 3.8) is 0 Å². The Bertz CT molecular complexity index is 1030. The van der Waals surface area contributed by atoms with Gasteiger partial charge in [0.2, 0.25) is 0 Å². The maximum atomic E-state index is 9.41. The molecule has 2 aliphatic carbocycles. The third-order valence-corrected chi connectivity index (χ3v) is 10.6. The lowest BCUT2D eigenvalue weighted by Crippen LogP contribution is -2.16. The predicted octanol–water partition coefficient (Wildman–Crippen LogP) is 15.8. The topological polar surface area (TPSA) is 20.2 Å². The molecule has 0 radical (unpaired) electrons. The molecule has 1 heteroatoms. The zero-order valence-corrected chi connectivity index (χ0v) is 32.4. The molecule has 1 aromatic carbocycles. The molecule has 0 bridgehead atoms. The van der Waals surface area contributed by atoms with Gasteiger partial charge in [-0.1, -0.05) is 157 Å². The smallest absolute Gasteiger partial charge is 0.115 e. The van der Waals surface area contributed by atoms with E-state index in [1.807, 2.05) is 12.1 Å². The zero-order chi connectivity index (χ0) is 34.9. The van der Waals surface area contributed by atoms with Crippen LogP contribution in [0.1, 0.15) is 186 Å². The van der Waals surface area contributed by atoms with E-state index in [1.165, 1.54) is 166 Å². The molecular formula is C48H78O. The Labute approximate surface area is 305 Å². The number of phenols is 1. The molecular weight excluding hydrogens is 593 g/mol. The molecule has 49 heavy (non-hydrogen) atoms. The highest BCUT2D eigenvalue weighted by Crippen LogP contribution is 2.33. The largest absolute Gasteiger partial charge is 0.508 e. The summed E-state index contributed by atoms with van der Waals surface area (Å²) < 4.78 is 0. The fraction of sp³-hybridized carbons (Fsp3) is 0.667. The van der Waals surface area contributed by atoms with Crippen LogP contribution in [0.3, 0.4) is 0 Å². The summed E-state index contributed by atoms with van der Waals surface area (Å²) in [4.78, 5) is 0. The van der Waals surface area contributed by atoms with Gasteiger partial charge in [-0.2, -0.15) is 0 Å². The average molecular weight is 671 g/mol. The fourth-order valence-corrected chi connectivity index (χ4v) is 7.55. The van der Waals surface area contributed by atoms with E-state index < -0.39 is 0 Å². The van der Waals surface area contributed by atoms with Crippen molar-refractivity contribution >= 4 is 0 Å². The summed E-state index contributed by atoms with van der Waals surface area (Å²) in [6, 6.07) is 7.63. The lowest BCUT2D eigenvalue weighted by molar-refractivity contribution is 0.268. The molecule has 0 spiro atoms. The molecule has 1 N–H and O–H groups in total. The second-order valence-corrected chi connectivity index (χ2v) is 15.0. The minimum Gasteiger partial charge on any atom is -0.508 e. The van der Waals surface area contributed by atoms with E-state index in [0.29, 0.717) is 5.75 Å². The van der Waals surface area contributed by atoms with Gasteiger partial charge in [0.25, 0.3) is 0 Å². The van der Waals surface area contributed by atoms with Crippen LogP contribution in [-0.4, -0.2) is 5.11 Å². The number of rotatable bonds is 26. The molecule has 3 unspecified atom stereocenters. The molecule has 1 nitrogen and oxygen atoms in total. The van der Waals surface area contributed by atoms with Crippen LogP contribution >= 0.6 is 0 Å². The number of unbranched alkanes of at least 4 members (excludes halogenated alkanes) is 11. The number of allylic oxidation sites excluding steroid dienone is 10. The molecule has 0 amide bonds. The van der Waals surface area contributed by atoms with Crippen LogP contribution in [-0.2, 0) is 6.42 Å². The van der Waals surface area contributed by atoms with E-state index in [0.717, 1.165) is 30.6 Å². The normalized spacial score (nSPS) is 18.4. The fourth-order valence-electron chi connectivity index (χ4n) is 7.55. The van der Waals surface area contributed by atoms with Crippen molar-refractivity contribution in [2.75, 3.05) is 0 Å². The van der Waals surface area contributed by atoms with Gasteiger partial charge in [0.1, 0.15) is 5.75 Å². The summed E-state index contributed by atoms with van der Waals surface area (Å²) in [6.45, 7) is 4.48. The molecule has 3 atom stereocenters. The number of hydrogen-bond donors (Lipinski definition) is 1. The molecule has 1 aromatic rings. The summed E-state index contributed by atoms with van der Waals surface area (Å²) in [5.74, 6) is 3.22. The summed E-state index contributed by atoms with van der Waals surface area (Å²) in [5, 5.41) is 9.41. The van der Waals surface area contributed by atoms with Gasteiger partial charge in [-0.05, 0) is 138 Å². The van der Waals surface area contributed by atoms with E-state index in [1.54, 1.807) is 6.07 Å². The molecule has 0 heterocycles. The number of hydrogen-bond acceptors (Lipinski definition) is 1. The van der Waals surface area contributed by atoms with Gasteiger partial charge < -0.3 is 5.11 Å². The van der Waals surface area contributed by atoms with Gasteiger partial charge in [-0.3, -0.25) is 0 Å². The Morgan fingerprint density at radius 1 is 0.673 bits per heavy atom. The summed E-state index contributed by atoms with van der Waals surface area (Å²) >= 11 is 0. The highest BCUT2D eigenvalue weighted by molar-refractivity contribution is 5.27. The SMILES string of the molecule is CCC/C=C/C/C=C/CCCCCCCc1cccc(O)c1.CCC/C=C/CCC(CCCCCCCC1C=CCCC1)C1CC=CCC1. The van der Waals surface area contributed by atoms with Crippen molar-refractivity contribution in [3.05, 3.63) is 90.6 Å². The van der Waals surface area contributed by atoms with Crippen LogP contribution < -0.4 is 0 Å². The van der Waals surface area contributed by atoms with Gasteiger partial charge >= 0.3 is 0 Å². The Morgan fingerprint density at radius 2 is 1.39 bits per heavy atom. The van der Waals surface area contributed by atoms with Crippen molar-refractivity contribution in [2.45, 2.75) is 187 Å². The first-order valence-electron chi connectivity index (χ1n) is 21.3. The van der Waals surface area contributed by atoms with Crippen LogP contribution in [0.5, 0.6) is 5.75 Å². The van der Waals surface area contributed by atoms with Crippen LogP contribution in [0.15, 0.2) is 85.0 Å². The third-order valence-electron chi connectivity index (χ3n) is 10.6. The van der Waals surface area contributed by atoms with Gasteiger partial charge in [0, 0.05) is 0 Å². The molecule has 0 aliphatic heterocycles. The van der Waals surface area contributed by atoms with Crippen molar-refractivity contribution in [1.82, 2.24) is 0 Å². The van der Waals surface area contributed by atoms with Crippen molar-refractivity contribution in [3.8, 4) is 5.75 Å². The van der Waals surface area contributed by atoms with E-state index in [9.17, 15) is 5.11 Å². The predicted molar refractivity (Wildman–Crippen MR) is 219 cm³/mol. The summed E-state index contributed by atoms with van der Waals surface area (Å²) in [6.07, 6.45) is 59.8. The maximum absolute atomic E-state index is 9.41. The zero-order valence-electron chi connectivity index (χ0n) is 32.4. The molecule has 276 valence electrons.